The van der Waals surface area contributed by atoms with Gasteiger partial charge in [0.25, 0.3) is 0 Å². The highest BCUT2D eigenvalue weighted by molar-refractivity contribution is 6.24. The van der Waals surface area contributed by atoms with Crippen molar-refractivity contribution in [2.45, 2.75) is 32.7 Å². The molecule has 2 aromatic carbocycles. The van der Waals surface area contributed by atoms with Gasteiger partial charge in [0.05, 0.1) is 18.8 Å². The molecule has 0 spiro atoms. The highest BCUT2D eigenvalue weighted by Crippen LogP contribution is 2.32. The Morgan fingerprint density at radius 1 is 1.09 bits per heavy atom. The fourth-order valence-electron chi connectivity index (χ4n) is 3.84. The smallest absolute Gasteiger partial charge is 0.345 e. The van der Waals surface area contributed by atoms with Crippen LogP contribution in [0, 0.1) is 11.6 Å². The van der Waals surface area contributed by atoms with Crippen LogP contribution in [-0.2, 0) is 20.8 Å². The largest absolute Gasteiger partial charge is 0.500 e. The van der Waals surface area contributed by atoms with Gasteiger partial charge < -0.3 is 9.47 Å². The number of ketones is 1. The van der Waals surface area contributed by atoms with Crippen LogP contribution in [0.4, 0.5) is 8.78 Å². The number of hydrogen-bond acceptors (Lipinski definition) is 5. The Balaban J connectivity index is 1.78. The van der Waals surface area contributed by atoms with Crippen LogP contribution in [-0.4, -0.2) is 43.0 Å². The Morgan fingerprint density at radius 3 is 2.53 bits per heavy atom. The summed E-state index contributed by atoms with van der Waals surface area (Å²) in [6.45, 7) is 5.59. The van der Waals surface area contributed by atoms with E-state index in [0.717, 1.165) is 37.0 Å². The van der Waals surface area contributed by atoms with E-state index in [1.807, 2.05) is 30.3 Å². The average Bonchev–Trinajstić information content (AvgIpc) is 3.24. The molecule has 0 aliphatic carbocycles. The van der Waals surface area contributed by atoms with Gasteiger partial charge in [-0.2, -0.15) is 0 Å². The number of ether oxygens (including phenoxy) is 2. The van der Waals surface area contributed by atoms with Gasteiger partial charge in [-0.05, 0) is 50.1 Å². The summed E-state index contributed by atoms with van der Waals surface area (Å²) in [6.07, 6.45) is 1.62. The molecule has 1 unspecified atom stereocenters. The van der Waals surface area contributed by atoms with Crippen molar-refractivity contribution in [1.82, 2.24) is 4.90 Å². The molecule has 0 saturated carbocycles. The minimum atomic E-state index is -0.975. The van der Waals surface area contributed by atoms with Crippen LogP contribution in [0.5, 0.6) is 0 Å². The molecule has 2 aromatic rings. The van der Waals surface area contributed by atoms with Gasteiger partial charge in [-0.15, -0.1) is 0 Å². The van der Waals surface area contributed by atoms with E-state index in [1.54, 1.807) is 13.8 Å². The first-order valence-corrected chi connectivity index (χ1v) is 10.7. The molecular formula is C25H27F2NO4. The average molecular weight is 443 g/mol. The molecule has 1 aliphatic rings. The summed E-state index contributed by atoms with van der Waals surface area (Å²) in [6, 6.07) is 11.9. The second-order valence-electron chi connectivity index (χ2n) is 7.60. The van der Waals surface area contributed by atoms with E-state index >= 15 is 0 Å². The maximum atomic E-state index is 15.0. The lowest BCUT2D eigenvalue weighted by Crippen LogP contribution is -2.20. The van der Waals surface area contributed by atoms with Gasteiger partial charge in [0.2, 0.25) is 5.78 Å². The molecule has 5 nitrogen and oxygen atoms in total. The third-order valence-corrected chi connectivity index (χ3v) is 5.40. The lowest BCUT2D eigenvalue weighted by molar-refractivity contribution is -0.138. The molecule has 1 aliphatic heterocycles. The molecule has 1 atom stereocenters. The standard InChI is InChI=1S/C25H27F2NO4/c1-3-31-16-21(25(30)32-4-2)24(29)20-13-22(26)19(12-23(20)27)18-10-11-28(15-18)14-17-8-6-5-7-9-17/h5-9,12-13,16,18H,3-4,10-11,14-15H2,1-2H3/b21-16-. The van der Waals surface area contributed by atoms with Crippen molar-refractivity contribution >= 4 is 11.8 Å². The molecular weight excluding hydrogens is 416 g/mol. The Bertz CT molecular complexity index is 991. The maximum Gasteiger partial charge on any atom is 0.345 e. The first kappa shape index (κ1) is 23.6. The lowest BCUT2D eigenvalue weighted by atomic mass is 9.94. The Kier molecular flexibility index (Phi) is 8.11. The van der Waals surface area contributed by atoms with E-state index in [9.17, 15) is 18.4 Å². The first-order valence-electron chi connectivity index (χ1n) is 10.7. The molecule has 170 valence electrons. The summed E-state index contributed by atoms with van der Waals surface area (Å²) >= 11 is 0. The lowest BCUT2D eigenvalue weighted by Gasteiger charge is -2.17. The van der Waals surface area contributed by atoms with Crippen LogP contribution < -0.4 is 0 Å². The number of likely N-dealkylation sites (tertiary alicyclic amines) is 1. The minimum Gasteiger partial charge on any atom is -0.500 e. The number of nitrogens with zero attached hydrogens (tertiary/aromatic N) is 1. The van der Waals surface area contributed by atoms with Crippen LogP contribution in [0.25, 0.3) is 0 Å². The van der Waals surface area contributed by atoms with Crippen molar-refractivity contribution < 1.29 is 27.8 Å². The van der Waals surface area contributed by atoms with Crippen molar-refractivity contribution in [1.29, 1.82) is 0 Å². The molecule has 7 heteroatoms. The summed E-state index contributed by atoms with van der Waals surface area (Å²) in [4.78, 5) is 27.1. The number of hydrogen-bond donors (Lipinski definition) is 0. The summed E-state index contributed by atoms with van der Waals surface area (Å²) < 4.78 is 39.7. The van der Waals surface area contributed by atoms with Crippen molar-refractivity contribution in [2.24, 2.45) is 0 Å². The minimum absolute atomic E-state index is 0.0342. The number of carbonyl (C=O) groups is 2. The molecule has 0 radical (unpaired) electrons. The molecule has 32 heavy (non-hydrogen) atoms. The molecule has 3 rings (SSSR count). The van der Waals surface area contributed by atoms with E-state index in [-0.39, 0.29) is 24.7 Å². The highest BCUT2D eigenvalue weighted by atomic mass is 19.1. The summed E-state index contributed by atoms with van der Waals surface area (Å²) in [7, 11) is 0. The highest BCUT2D eigenvalue weighted by Gasteiger charge is 2.30. The maximum absolute atomic E-state index is 15.0. The SMILES string of the molecule is CCO/C=C(\C(=O)OCC)C(=O)c1cc(F)c(C2CCN(Cc3ccccc3)C2)cc1F. The Morgan fingerprint density at radius 2 is 1.84 bits per heavy atom. The topological polar surface area (TPSA) is 55.8 Å². The van der Waals surface area contributed by atoms with Gasteiger partial charge in [-0.3, -0.25) is 9.69 Å². The van der Waals surface area contributed by atoms with Gasteiger partial charge >= 0.3 is 5.97 Å². The summed E-state index contributed by atoms with van der Waals surface area (Å²) in [5.41, 5.74) is 0.397. The number of rotatable bonds is 9. The van der Waals surface area contributed by atoms with Crippen LogP contribution in [0.1, 0.15) is 47.7 Å². The molecule has 0 aromatic heterocycles. The monoisotopic (exact) mass is 443 g/mol. The molecule has 1 fully saturated rings. The van der Waals surface area contributed by atoms with E-state index in [1.165, 1.54) is 0 Å². The number of carbonyl (C=O) groups excluding carboxylic acids is 2. The molecule has 0 amide bonds. The third-order valence-electron chi connectivity index (χ3n) is 5.40. The van der Waals surface area contributed by atoms with Gasteiger partial charge in [-0.1, -0.05) is 30.3 Å². The van der Waals surface area contributed by atoms with Gasteiger partial charge in [0.1, 0.15) is 23.5 Å². The first-order chi connectivity index (χ1) is 15.4. The van der Waals surface area contributed by atoms with Crippen molar-refractivity contribution in [2.75, 3.05) is 26.3 Å². The second-order valence-corrected chi connectivity index (χ2v) is 7.60. The number of Topliss-reactive ketones (excluding diaryl/α,β-unsaturated/α-hetero) is 1. The zero-order valence-corrected chi connectivity index (χ0v) is 18.3. The molecule has 0 N–H and O–H groups in total. The zero-order valence-electron chi connectivity index (χ0n) is 18.3. The second kappa shape index (κ2) is 11.0. The van der Waals surface area contributed by atoms with Gasteiger partial charge in [-0.25, -0.2) is 13.6 Å². The van der Waals surface area contributed by atoms with Crippen LogP contribution in [0.3, 0.4) is 0 Å². The predicted molar refractivity (Wildman–Crippen MR) is 116 cm³/mol. The molecule has 1 heterocycles. The van der Waals surface area contributed by atoms with E-state index in [2.05, 4.69) is 4.90 Å². The van der Waals surface area contributed by atoms with Crippen LogP contribution in [0.2, 0.25) is 0 Å². The van der Waals surface area contributed by atoms with Crippen molar-refractivity contribution in [3.05, 3.63) is 82.6 Å². The van der Waals surface area contributed by atoms with Crippen LogP contribution in [0.15, 0.2) is 54.3 Å². The van der Waals surface area contributed by atoms with Gasteiger partial charge in [0.15, 0.2) is 0 Å². The van der Waals surface area contributed by atoms with Gasteiger partial charge in [0, 0.05) is 19.0 Å². The number of esters is 1. The molecule has 0 bridgehead atoms. The summed E-state index contributed by atoms with van der Waals surface area (Å²) in [5.74, 6) is -3.64. The fourth-order valence-corrected chi connectivity index (χ4v) is 3.84. The van der Waals surface area contributed by atoms with Crippen molar-refractivity contribution in [3.63, 3.8) is 0 Å². The quantitative estimate of drug-likeness (QED) is 0.141. The fraction of sp³-hybridized carbons (Fsp3) is 0.360. The normalized spacial score (nSPS) is 16.8. The zero-order chi connectivity index (χ0) is 23.1. The predicted octanol–water partition coefficient (Wildman–Crippen LogP) is 4.62. The van der Waals surface area contributed by atoms with E-state index in [4.69, 9.17) is 9.47 Å². The Hall–Kier alpha value is -3.06. The van der Waals surface area contributed by atoms with Crippen LogP contribution >= 0.6 is 0 Å². The van der Waals surface area contributed by atoms with E-state index < -0.39 is 34.5 Å². The number of benzene rings is 2. The summed E-state index contributed by atoms with van der Waals surface area (Å²) in [5, 5.41) is 0. The van der Waals surface area contributed by atoms with E-state index in [0.29, 0.717) is 13.0 Å². The number of halogens is 2. The Labute approximate surface area is 186 Å². The van der Waals surface area contributed by atoms with Crippen molar-refractivity contribution in [3.8, 4) is 0 Å². The third kappa shape index (κ3) is 5.59. The molecule has 1 saturated heterocycles.